The summed E-state index contributed by atoms with van der Waals surface area (Å²) in [5.41, 5.74) is 3.30. The maximum atomic E-state index is 13.6. The van der Waals surface area contributed by atoms with Crippen molar-refractivity contribution in [1.29, 1.82) is 0 Å². The van der Waals surface area contributed by atoms with E-state index >= 15 is 0 Å². The summed E-state index contributed by atoms with van der Waals surface area (Å²) in [4.78, 5) is 20.7. The average molecular weight is 538 g/mol. The molecular formula is C33H55N5O. The first-order valence-electron chi connectivity index (χ1n) is 15.9. The van der Waals surface area contributed by atoms with Gasteiger partial charge in [-0.05, 0) is 45.4 Å². The molecule has 6 heteroatoms. The highest BCUT2D eigenvalue weighted by Crippen LogP contribution is 2.30. The van der Waals surface area contributed by atoms with E-state index in [1.807, 2.05) is 0 Å². The molecule has 1 aliphatic heterocycles. The van der Waals surface area contributed by atoms with Crippen LogP contribution in [-0.4, -0.2) is 64.3 Å². The maximum Gasteiger partial charge on any atom is 0.223 e. The summed E-state index contributed by atoms with van der Waals surface area (Å²) >= 11 is 0. The highest BCUT2D eigenvalue weighted by atomic mass is 16.2. The Morgan fingerprint density at radius 2 is 1.51 bits per heavy atom. The number of anilines is 1. The van der Waals surface area contributed by atoms with Crippen molar-refractivity contribution in [3.63, 3.8) is 0 Å². The smallest absolute Gasteiger partial charge is 0.223 e. The summed E-state index contributed by atoms with van der Waals surface area (Å²) in [6.07, 6.45) is 13.1. The number of aryl methyl sites for hydroxylation is 1. The molecule has 1 fully saturated rings. The number of carbonyl (C=O) groups excluding carboxylic acids is 1. The van der Waals surface area contributed by atoms with Crippen LogP contribution in [0.25, 0.3) is 5.69 Å². The molecule has 1 atom stereocenters. The van der Waals surface area contributed by atoms with Gasteiger partial charge in [0, 0.05) is 44.2 Å². The molecule has 39 heavy (non-hydrogen) atoms. The minimum Gasteiger partial charge on any atom is -0.354 e. The highest BCUT2D eigenvalue weighted by molar-refractivity contribution is 5.77. The number of nitrogens with zero attached hydrogens (tertiary/aromatic N) is 5. The number of amides is 1. The number of para-hydroxylation sites is 1. The van der Waals surface area contributed by atoms with Gasteiger partial charge in [0.15, 0.2) is 0 Å². The van der Waals surface area contributed by atoms with E-state index in [0.717, 1.165) is 63.4 Å². The Balaban J connectivity index is 1.72. The molecule has 1 saturated heterocycles. The molecule has 1 amide bonds. The van der Waals surface area contributed by atoms with Gasteiger partial charge in [-0.2, -0.15) is 5.10 Å². The minimum atomic E-state index is 0.209. The van der Waals surface area contributed by atoms with Crippen LogP contribution in [0.5, 0.6) is 0 Å². The lowest BCUT2D eigenvalue weighted by Crippen LogP contribution is -2.47. The van der Waals surface area contributed by atoms with Crippen molar-refractivity contribution in [1.82, 2.24) is 19.6 Å². The molecule has 6 nitrogen and oxygen atoms in total. The largest absolute Gasteiger partial charge is 0.354 e. The molecule has 3 rings (SSSR count). The van der Waals surface area contributed by atoms with E-state index in [4.69, 9.17) is 5.10 Å². The van der Waals surface area contributed by atoms with Crippen LogP contribution in [0.4, 0.5) is 5.82 Å². The molecule has 0 saturated carbocycles. The molecular weight excluding hydrogens is 482 g/mol. The number of likely N-dealkylation sites (N-methyl/N-ethyl adjacent to an activating group) is 1. The fourth-order valence-electron chi connectivity index (χ4n) is 5.69. The molecule has 0 N–H and O–H groups in total. The van der Waals surface area contributed by atoms with Crippen molar-refractivity contribution in [2.45, 2.75) is 118 Å². The second-order valence-electron chi connectivity index (χ2n) is 11.4. The SMILES string of the molecule is CCCCCCCCCCCC(=O)N(Cc1c(C)nn(-c2ccccc2)c1N1CCN(CC)CC1)[C@H](C)CC. The molecule has 0 bridgehead atoms. The summed E-state index contributed by atoms with van der Waals surface area (Å²) in [5, 5.41) is 5.04. The molecule has 1 aliphatic rings. The Hall–Kier alpha value is -2.34. The molecule has 2 aromatic rings. The van der Waals surface area contributed by atoms with Crippen molar-refractivity contribution >= 4 is 11.7 Å². The third-order valence-corrected chi connectivity index (χ3v) is 8.54. The van der Waals surface area contributed by atoms with Crippen LogP contribution in [0.1, 0.15) is 110 Å². The predicted octanol–water partition coefficient (Wildman–Crippen LogP) is 7.37. The zero-order valence-corrected chi connectivity index (χ0v) is 25.6. The minimum absolute atomic E-state index is 0.209. The van der Waals surface area contributed by atoms with Crippen LogP contribution in [0, 0.1) is 6.92 Å². The van der Waals surface area contributed by atoms with Gasteiger partial charge in [0.1, 0.15) is 5.82 Å². The molecule has 0 unspecified atom stereocenters. The monoisotopic (exact) mass is 537 g/mol. The Kier molecular flexibility index (Phi) is 13.3. The number of piperazine rings is 1. The third-order valence-electron chi connectivity index (χ3n) is 8.54. The third kappa shape index (κ3) is 9.09. The van der Waals surface area contributed by atoms with Gasteiger partial charge in [-0.25, -0.2) is 4.68 Å². The number of rotatable bonds is 17. The Morgan fingerprint density at radius 3 is 2.10 bits per heavy atom. The summed E-state index contributed by atoms with van der Waals surface area (Å²) in [5.74, 6) is 1.46. The number of aromatic nitrogens is 2. The lowest BCUT2D eigenvalue weighted by Gasteiger charge is -2.37. The topological polar surface area (TPSA) is 44.6 Å². The van der Waals surface area contributed by atoms with Crippen molar-refractivity contribution in [3.05, 3.63) is 41.6 Å². The maximum absolute atomic E-state index is 13.6. The van der Waals surface area contributed by atoms with Gasteiger partial charge in [0.25, 0.3) is 0 Å². The fourth-order valence-corrected chi connectivity index (χ4v) is 5.69. The van der Waals surface area contributed by atoms with E-state index in [2.05, 4.69) is 84.3 Å². The highest BCUT2D eigenvalue weighted by Gasteiger charge is 2.28. The molecule has 0 radical (unpaired) electrons. The number of benzene rings is 1. The number of hydrogen-bond donors (Lipinski definition) is 0. The molecule has 1 aromatic heterocycles. The zero-order valence-electron chi connectivity index (χ0n) is 25.6. The quantitative estimate of drug-likeness (QED) is 0.198. The zero-order chi connectivity index (χ0) is 28.0. The van der Waals surface area contributed by atoms with E-state index in [-0.39, 0.29) is 6.04 Å². The molecule has 0 aliphatic carbocycles. The fraction of sp³-hybridized carbons (Fsp3) is 0.697. The van der Waals surface area contributed by atoms with E-state index in [0.29, 0.717) is 18.9 Å². The average Bonchev–Trinajstić information content (AvgIpc) is 3.30. The standard InChI is InChI=1S/C33H55N5O/c1-6-9-10-11-12-13-14-15-19-22-32(39)37(28(4)7-2)27-31-29(5)34-38(30-20-17-16-18-21-30)33(31)36-25-23-35(8-3)24-26-36/h16-18,20-21,28H,6-15,19,22-27H2,1-5H3/t28-/m1/s1. The van der Waals surface area contributed by atoms with Crippen molar-refractivity contribution in [2.75, 3.05) is 37.6 Å². The second kappa shape index (κ2) is 16.7. The molecule has 218 valence electrons. The van der Waals surface area contributed by atoms with Gasteiger partial charge in [0.05, 0.1) is 17.9 Å². The molecule has 1 aromatic carbocycles. The van der Waals surface area contributed by atoms with Gasteiger partial charge in [-0.15, -0.1) is 0 Å². The van der Waals surface area contributed by atoms with Gasteiger partial charge in [-0.3, -0.25) is 4.79 Å². The lowest BCUT2D eigenvalue weighted by atomic mass is 10.1. The van der Waals surface area contributed by atoms with Crippen molar-refractivity contribution < 1.29 is 4.79 Å². The predicted molar refractivity (Wildman–Crippen MR) is 165 cm³/mol. The van der Waals surface area contributed by atoms with Gasteiger partial charge in [-0.1, -0.05) is 90.3 Å². The van der Waals surface area contributed by atoms with E-state index in [1.54, 1.807) is 0 Å². The summed E-state index contributed by atoms with van der Waals surface area (Å²) in [6.45, 7) is 16.8. The second-order valence-corrected chi connectivity index (χ2v) is 11.4. The number of carbonyl (C=O) groups is 1. The summed E-state index contributed by atoms with van der Waals surface area (Å²) < 4.78 is 2.12. The first-order valence-corrected chi connectivity index (χ1v) is 15.9. The van der Waals surface area contributed by atoms with Gasteiger partial charge < -0.3 is 14.7 Å². The number of hydrogen-bond acceptors (Lipinski definition) is 4. The summed E-state index contributed by atoms with van der Waals surface area (Å²) in [7, 11) is 0. The van der Waals surface area contributed by atoms with Crippen molar-refractivity contribution in [3.8, 4) is 5.69 Å². The lowest BCUT2D eigenvalue weighted by molar-refractivity contribution is -0.134. The Morgan fingerprint density at radius 1 is 0.897 bits per heavy atom. The van der Waals surface area contributed by atoms with Crippen LogP contribution in [0.2, 0.25) is 0 Å². The van der Waals surface area contributed by atoms with Crippen LogP contribution in [0.15, 0.2) is 30.3 Å². The van der Waals surface area contributed by atoms with E-state index < -0.39 is 0 Å². The molecule has 0 spiro atoms. The van der Waals surface area contributed by atoms with E-state index in [1.165, 1.54) is 56.3 Å². The first kappa shape index (κ1) is 31.2. The van der Waals surface area contributed by atoms with Crippen LogP contribution >= 0.6 is 0 Å². The summed E-state index contributed by atoms with van der Waals surface area (Å²) in [6, 6.07) is 10.7. The Bertz CT molecular complexity index is 964. The van der Waals surface area contributed by atoms with Crippen LogP contribution in [0.3, 0.4) is 0 Å². The van der Waals surface area contributed by atoms with Crippen molar-refractivity contribution in [2.24, 2.45) is 0 Å². The molecule has 2 heterocycles. The van der Waals surface area contributed by atoms with E-state index in [9.17, 15) is 4.79 Å². The van der Waals surface area contributed by atoms with Gasteiger partial charge in [0.2, 0.25) is 5.91 Å². The Labute approximate surface area is 238 Å². The van der Waals surface area contributed by atoms with Crippen LogP contribution in [-0.2, 0) is 11.3 Å². The first-order chi connectivity index (χ1) is 19.0. The van der Waals surface area contributed by atoms with Gasteiger partial charge >= 0.3 is 0 Å². The normalized spacial score (nSPS) is 15.1. The number of unbranched alkanes of at least 4 members (excludes halogenated alkanes) is 8. The van der Waals surface area contributed by atoms with Crippen LogP contribution < -0.4 is 4.90 Å².